The summed E-state index contributed by atoms with van der Waals surface area (Å²) in [7, 11) is 0. The second-order valence-electron chi connectivity index (χ2n) is 5.50. The lowest BCUT2D eigenvalue weighted by Gasteiger charge is -2.07. The topological polar surface area (TPSA) is 29.1 Å². The molecule has 0 radical (unpaired) electrons. The Morgan fingerprint density at radius 3 is 2.55 bits per heavy atom. The van der Waals surface area contributed by atoms with E-state index in [0.29, 0.717) is 12.5 Å². The van der Waals surface area contributed by atoms with Gasteiger partial charge < -0.3 is 5.32 Å². The molecule has 2 nitrogen and oxygen atoms in total. The summed E-state index contributed by atoms with van der Waals surface area (Å²) in [6, 6.07) is 18.5. The Bertz CT molecular complexity index is 606. The van der Waals surface area contributed by atoms with Gasteiger partial charge in [-0.25, -0.2) is 0 Å². The number of benzene rings is 2. The highest BCUT2D eigenvalue weighted by Gasteiger charge is 2.43. The van der Waals surface area contributed by atoms with E-state index < -0.39 is 0 Å². The molecule has 1 N–H and O–H groups in total. The molecule has 1 aliphatic rings. The number of hydrogen-bond donors (Lipinski definition) is 1. The molecule has 2 atom stereocenters. The molecule has 0 unspecified atom stereocenters. The second kappa shape index (κ2) is 5.49. The van der Waals surface area contributed by atoms with E-state index in [-0.39, 0.29) is 11.8 Å². The van der Waals surface area contributed by atoms with Crippen LogP contribution in [-0.2, 0) is 11.3 Å². The third-order valence-corrected chi connectivity index (χ3v) is 4.07. The highest BCUT2D eigenvalue weighted by Crippen LogP contribution is 2.47. The molecule has 0 aliphatic heterocycles. The van der Waals surface area contributed by atoms with Gasteiger partial charge in [-0.15, -0.1) is 0 Å². The van der Waals surface area contributed by atoms with E-state index in [1.54, 1.807) is 0 Å². The maximum atomic E-state index is 12.2. The first-order valence-electron chi connectivity index (χ1n) is 7.13. The van der Waals surface area contributed by atoms with Gasteiger partial charge in [-0.3, -0.25) is 4.79 Å². The van der Waals surface area contributed by atoms with E-state index in [0.717, 1.165) is 6.42 Å². The molecule has 0 saturated heterocycles. The summed E-state index contributed by atoms with van der Waals surface area (Å²) in [5.41, 5.74) is 3.70. The number of hydrogen-bond acceptors (Lipinski definition) is 1. The molecule has 2 aromatic rings. The van der Waals surface area contributed by atoms with E-state index >= 15 is 0 Å². The molecule has 3 rings (SSSR count). The summed E-state index contributed by atoms with van der Waals surface area (Å²) in [6.07, 6.45) is 0.976. The Labute approximate surface area is 119 Å². The summed E-state index contributed by atoms with van der Waals surface area (Å²) in [6.45, 7) is 2.70. The minimum Gasteiger partial charge on any atom is -0.352 e. The first-order chi connectivity index (χ1) is 9.75. The van der Waals surface area contributed by atoms with Crippen molar-refractivity contribution in [1.29, 1.82) is 0 Å². The van der Waals surface area contributed by atoms with Crippen molar-refractivity contribution < 1.29 is 4.79 Å². The fourth-order valence-electron chi connectivity index (χ4n) is 2.68. The quantitative estimate of drug-likeness (QED) is 0.901. The van der Waals surface area contributed by atoms with Gasteiger partial charge in [0.2, 0.25) is 5.91 Å². The molecule has 1 fully saturated rings. The van der Waals surface area contributed by atoms with Crippen molar-refractivity contribution in [3.05, 3.63) is 71.3 Å². The molecule has 2 heteroatoms. The summed E-state index contributed by atoms with van der Waals surface area (Å²) in [5.74, 6) is 0.747. The van der Waals surface area contributed by atoms with Crippen LogP contribution in [0, 0.1) is 12.8 Å². The molecule has 1 amide bonds. The van der Waals surface area contributed by atoms with E-state index in [9.17, 15) is 4.79 Å². The van der Waals surface area contributed by atoms with E-state index in [2.05, 4.69) is 36.5 Å². The summed E-state index contributed by atoms with van der Waals surface area (Å²) < 4.78 is 0. The zero-order chi connectivity index (χ0) is 13.9. The second-order valence-corrected chi connectivity index (χ2v) is 5.50. The molecule has 2 aromatic carbocycles. The van der Waals surface area contributed by atoms with Crippen molar-refractivity contribution in [2.24, 2.45) is 5.92 Å². The van der Waals surface area contributed by atoms with Gasteiger partial charge in [0.15, 0.2) is 0 Å². The molecule has 20 heavy (non-hydrogen) atoms. The average Bonchev–Trinajstić information content (AvgIpc) is 3.28. The van der Waals surface area contributed by atoms with Crippen LogP contribution in [0.15, 0.2) is 54.6 Å². The zero-order valence-electron chi connectivity index (χ0n) is 11.7. The SMILES string of the molecule is Cc1ccccc1CNC(=O)[C@H]1C[C@@H]1c1ccccc1. The monoisotopic (exact) mass is 265 g/mol. The average molecular weight is 265 g/mol. The number of carbonyl (C=O) groups is 1. The van der Waals surface area contributed by atoms with Gasteiger partial charge in [-0.1, -0.05) is 54.6 Å². The van der Waals surface area contributed by atoms with Gasteiger partial charge in [0.05, 0.1) is 0 Å². The zero-order valence-corrected chi connectivity index (χ0v) is 11.7. The molecule has 0 spiro atoms. The molecule has 102 valence electrons. The summed E-state index contributed by atoms with van der Waals surface area (Å²) in [5, 5.41) is 3.06. The van der Waals surface area contributed by atoms with Crippen LogP contribution in [0.3, 0.4) is 0 Å². The maximum Gasteiger partial charge on any atom is 0.224 e. The van der Waals surface area contributed by atoms with Crippen LogP contribution in [0.2, 0.25) is 0 Å². The third-order valence-electron chi connectivity index (χ3n) is 4.07. The number of aryl methyl sites for hydroxylation is 1. The van der Waals surface area contributed by atoms with Crippen LogP contribution in [-0.4, -0.2) is 5.91 Å². The maximum absolute atomic E-state index is 12.2. The standard InChI is InChI=1S/C18H19NO/c1-13-7-5-6-10-15(13)12-19-18(20)17-11-16(17)14-8-3-2-4-9-14/h2-10,16-17H,11-12H2,1H3,(H,19,20)/t16-,17+/m1/s1. The lowest BCUT2D eigenvalue weighted by atomic mass is 10.1. The normalized spacial score (nSPS) is 20.4. The van der Waals surface area contributed by atoms with Crippen molar-refractivity contribution in [1.82, 2.24) is 5.32 Å². The molecule has 0 bridgehead atoms. The van der Waals surface area contributed by atoms with E-state index in [1.165, 1.54) is 16.7 Å². The van der Waals surface area contributed by atoms with Gasteiger partial charge in [0, 0.05) is 12.5 Å². The lowest BCUT2D eigenvalue weighted by Crippen LogP contribution is -2.25. The van der Waals surface area contributed by atoms with E-state index in [1.807, 2.05) is 30.3 Å². The van der Waals surface area contributed by atoms with Gasteiger partial charge in [0.1, 0.15) is 0 Å². The van der Waals surface area contributed by atoms with E-state index in [4.69, 9.17) is 0 Å². The Balaban J connectivity index is 1.56. The Hall–Kier alpha value is -2.09. The first kappa shape index (κ1) is 12.9. The van der Waals surface area contributed by atoms with Crippen LogP contribution >= 0.6 is 0 Å². The minimum absolute atomic E-state index is 0.154. The van der Waals surface area contributed by atoms with Crippen LogP contribution in [0.4, 0.5) is 0 Å². The molecular weight excluding hydrogens is 246 g/mol. The number of nitrogens with one attached hydrogen (secondary N) is 1. The number of amides is 1. The van der Waals surface area contributed by atoms with Gasteiger partial charge in [0.25, 0.3) is 0 Å². The predicted molar refractivity (Wildman–Crippen MR) is 80.3 cm³/mol. The van der Waals surface area contributed by atoms with Crippen molar-refractivity contribution >= 4 is 5.91 Å². The third kappa shape index (κ3) is 2.74. The Kier molecular flexibility index (Phi) is 3.55. The van der Waals surface area contributed by atoms with Crippen molar-refractivity contribution in [3.63, 3.8) is 0 Å². The predicted octanol–water partition coefficient (Wildman–Crippen LogP) is 3.41. The fraction of sp³-hybridized carbons (Fsp3) is 0.278. The van der Waals surface area contributed by atoms with Gasteiger partial charge in [-0.05, 0) is 36.0 Å². The van der Waals surface area contributed by atoms with Crippen LogP contribution in [0.1, 0.15) is 29.0 Å². The largest absolute Gasteiger partial charge is 0.352 e. The summed E-state index contributed by atoms with van der Waals surface area (Å²) in [4.78, 5) is 12.2. The van der Waals surface area contributed by atoms with Crippen molar-refractivity contribution in [3.8, 4) is 0 Å². The number of carbonyl (C=O) groups excluding carboxylic acids is 1. The Morgan fingerprint density at radius 2 is 1.80 bits per heavy atom. The minimum atomic E-state index is 0.154. The van der Waals surface area contributed by atoms with Gasteiger partial charge >= 0.3 is 0 Å². The highest BCUT2D eigenvalue weighted by molar-refractivity contribution is 5.82. The van der Waals surface area contributed by atoms with Crippen molar-refractivity contribution in [2.45, 2.75) is 25.8 Å². The first-order valence-corrected chi connectivity index (χ1v) is 7.13. The smallest absolute Gasteiger partial charge is 0.224 e. The van der Waals surface area contributed by atoms with Crippen LogP contribution in [0.25, 0.3) is 0 Å². The molecule has 0 aromatic heterocycles. The fourth-order valence-corrected chi connectivity index (χ4v) is 2.68. The Morgan fingerprint density at radius 1 is 1.10 bits per heavy atom. The highest BCUT2D eigenvalue weighted by atomic mass is 16.2. The van der Waals surface area contributed by atoms with Crippen LogP contribution in [0.5, 0.6) is 0 Å². The summed E-state index contributed by atoms with van der Waals surface area (Å²) >= 11 is 0. The van der Waals surface area contributed by atoms with Crippen molar-refractivity contribution in [2.75, 3.05) is 0 Å². The molecule has 1 saturated carbocycles. The van der Waals surface area contributed by atoms with Gasteiger partial charge in [-0.2, -0.15) is 0 Å². The van der Waals surface area contributed by atoms with Crippen LogP contribution < -0.4 is 5.32 Å². The number of rotatable bonds is 4. The molecule has 0 heterocycles. The lowest BCUT2D eigenvalue weighted by molar-refractivity contribution is -0.122. The molecular formula is C18H19NO. The molecule has 1 aliphatic carbocycles.